The van der Waals surface area contributed by atoms with Crippen LogP contribution in [-0.2, 0) is 6.18 Å². The second kappa shape index (κ2) is 7.49. The fraction of sp³-hybridized carbons (Fsp3) is 0.500. The Hall–Kier alpha value is -1.04. The molecule has 1 aliphatic rings. The molecule has 2 rings (SSSR count). The van der Waals surface area contributed by atoms with Crippen LogP contribution in [0.3, 0.4) is 0 Å². The van der Waals surface area contributed by atoms with Gasteiger partial charge in [-0.05, 0) is 30.5 Å². The average Bonchev–Trinajstić information content (AvgIpc) is 2.49. The van der Waals surface area contributed by atoms with Crippen LogP contribution in [0.5, 0.6) is 0 Å². The minimum atomic E-state index is -4.43. The summed E-state index contributed by atoms with van der Waals surface area (Å²) in [5.74, 6) is 0. The van der Waals surface area contributed by atoms with E-state index < -0.39 is 11.7 Å². The van der Waals surface area contributed by atoms with Crippen molar-refractivity contribution in [3.05, 3.63) is 47.0 Å². The zero-order chi connectivity index (χ0) is 16.2. The Kier molecular flexibility index (Phi) is 5.89. The van der Waals surface area contributed by atoms with Gasteiger partial charge in [-0.15, -0.1) is 6.58 Å². The third-order valence-electron chi connectivity index (χ3n) is 3.92. The van der Waals surface area contributed by atoms with Crippen molar-refractivity contribution >= 4 is 11.6 Å². The summed E-state index contributed by atoms with van der Waals surface area (Å²) in [5, 5.41) is 3.01. The number of allylic oxidation sites excluding steroid dienone is 1. The monoisotopic (exact) mass is 332 g/mol. The van der Waals surface area contributed by atoms with Crippen molar-refractivity contribution < 1.29 is 13.2 Å². The molecule has 1 N–H and O–H groups in total. The minimum Gasteiger partial charge on any atom is -0.314 e. The highest BCUT2D eigenvalue weighted by Crippen LogP contribution is 2.37. The zero-order valence-corrected chi connectivity index (χ0v) is 13.1. The number of benzene rings is 1. The summed E-state index contributed by atoms with van der Waals surface area (Å²) in [6.45, 7) is 7.06. The van der Waals surface area contributed by atoms with Gasteiger partial charge in [-0.2, -0.15) is 13.2 Å². The van der Waals surface area contributed by atoms with Gasteiger partial charge in [0, 0.05) is 32.2 Å². The van der Waals surface area contributed by atoms with Crippen LogP contribution < -0.4 is 5.32 Å². The number of halogens is 4. The van der Waals surface area contributed by atoms with Crippen molar-refractivity contribution in [1.82, 2.24) is 10.2 Å². The fourth-order valence-corrected chi connectivity index (χ4v) is 3.02. The van der Waals surface area contributed by atoms with Crippen LogP contribution in [-0.4, -0.2) is 31.1 Å². The molecule has 1 atom stereocenters. The highest BCUT2D eigenvalue weighted by Gasteiger charge is 2.34. The highest BCUT2D eigenvalue weighted by atomic mass is 35.5. The molecule has 0 unspecified atom stereocenters. The first-order valence-corrected chi connectivity index (χ1v) is 7.73. The second-order valence-electron chi connectivity index (χ2n) is 5.40. The molecule has 1 saturated heterocycles. The molecular formula is C16H20ClF3N2. The van der Waals surface area contributed by atoms with E-state index in [4.69, 9.17) is 11.6 Å². The number of piperazine rings is 1. The van der Waals surface area contributed by atoms with Crippen molar-refractivity contribution in [2.75, 3.05) is 26.2 Å². The molecule has 122 valence electrons. The second-order valence-corrected chi connectivity index (χ2v) is 5.81. The van der Waals surface area contributed by atoms with E-state index in [-0.39, 0.29) is 11.1 Å². The fourth-order valence-electron chi connectivity index (χ4n) is 2.80. The van der Waals surface area contributed by atoms with Gasteiger partial charge in [-0.3, -0.25) is 4.90 Å². The summed E-state index contributed by atoms with van der Waals surface area (Å²) in [4.78, 5) is 2.23. The summed E-state index contributed by atoms with van der Waals surface area (Å²) in [6, 6.07) is 4.20. The van der Waals surface area contributed by atoms with Crippen molar-refractivity contribution in [2.24, 2.45) is 0 Å². The van der Waals surface area contributed by atoms with E-state index in [1.165, 1.54) is 12.1 Å². The van der Waals surface area contributed by atoms with Crippen LogP contribution in [0.15, 0.2) is 30.9 Å². The summed E-state index contributed by atoms with van der Waals surface area (Å²) in [5.41, 5.74) is -0.0918. The van der Waals surface area contributed by atoms with Crippen molar-refractivity contribution in [1.29, 1.82) is 0 Å². The quantitative estimate of drug-likeness (QED) is 0.810. The van der Waals surface area contributed by atoms with Crippen LogP contribution in [0.4, 0.5) is 13.2 Å². The molecule has 0 radical (unpaired) electrons. The van der Waals surface area contributed by atoms with Crippen LogP contribution >= 0.6 is 11.6 Å². The predicted molar refractivity (Wildman–Crippen MR) is 83.1 cm³/mol. The van der Waals surface area contributed by atoms with Crippen LogP contribution in [0.2, 0.25) is 5.02 Å². The molecule has 0 aliphatic carbocycles. The first kappa shape index (κ1) is 17.3. The third kappa shape index (κ3) is 4.24. The standard InChI is InChI=1S/C16H20ClF3N2/c1-2-3-4-15(22-9-7-21-8-10-22)12-5-6-14(17)13(11-12)16(18,19)20/h2,5-6,11,15,21H,1,3-4,7-10H2/t15-/m0/s1. The van der Waals surface area contributed by atoms with Crippen LogP contribution in [0.1, 0.15) is 30.0 Å². The van der Waals surface area contributed by atoms with Gasteiger partial charge < -0.3 is 5.32 Å². The van der Waals surface area contributed by atoms with E-state index in [0.717, 1.165) is 39.0 Å². The van der Waals surface area contributed by atoms with E-state index in [0.29, 0.717) is 5.56 Å². The van der Waals surface area contributed by atoms with Crippen LogP contribution in [0, 0.1) is 0 Å². The SMILES string of the molecule is C=CCC[C@@H](c1ccc(Cl)c(C(F)(F)F)c1)N1CCNCC1. The Morgan fingerprint density at radius 2 is 2.00 bits per heavy atom. The Labute approximate surface area is 133 Å². The van der Waals surface area contributed by atoms with Crippen molar-refractivity contribution in [3.8, 4) is 0 Å². The van der Waals surface area contributed by atoms with E-state index in [9.17, 15) is 13.2 Å². The van der Waals surface area contributed by atoms with Gasteiger partial charge in [-0.25, -0.2) is 0 Å². The number of alkyl halides is 3. The van der Waals surface area contributed by atoms with Gasteiger partial charge >= 0.3 is 6.18 Å². The predicted octanol–water partition coefficient (Wildman–Crippen LogP) is 4.27. The molecule has 0 aromatic heterocycles. The molecule has 22 heavy (non-hydrogen) atoms. The average molecular weight is 333 g/mol. The Bertz CT molecular complexity index is 511. The third-order valence-corrected chi connectivity index (χ3v) is 4.25. The summed E-state index contributed by atoms with van der Waals surface area (Å²) < 4.78 is 39.2. The number of hydrogen-bond donors (Lipinski definition) is 1. The Morgan fingerprint density at radius 1 is 1.32 bits per heavy atom. The van der Waals surface area contributed by atoms with Gasteiger partial charge in [0.15, 0.2) is 0 Å². The maximum Gasteiger partial charge on any atom is 0.417 e. The molecule has 0 spiro atoms. The Morgan fingerprint density at radius 3 is 2.59 bits per heavy atom. The molecule has 1 aromatic carbocycles. The molecule has 2 nitrogen and oxygen atoms in total. The lowest BCUT2D eigenvalue weighted by Crippen LogP contribution is -2.45. The number of hydrogen-bond acceptors (Lipinski definition) is 2. The first-order chi connectivity index (χ1) is 10.4. The maximum atomic E-state index is 13.1. The first-order valence-electron chi connectivity index (χ1n) is 7.36. The molecule has 0 bridgehead atoms. The molecule has 6 heteroatoms. The van der Waals surface area contributed by atoms with E-state index in [1.54, 1.807) is 12.1 Å². The molecule has 1 aliphatic heterocycles. The molecular weight excluding hydrogens is 313 g/mol. The van der Waals surface area contributed by atoms with Gasteiger partial charge in [-0.1, -0.05) is 23.7 Å². The minimum absolute atomic E-state index is 0.0431. The summed E-state index contributed by atoms with van der Waals surface area (Å²) >= 11 is 5.72. The maximum absolute atomic E-state index is 13.1. The summed E-state index contributed by atoms with van der Waals surface area (Å²) in [7, 11) is 0. The lowest BCUT2D eigenvalue weighted by Gasteiger charge is -2.35. The molecule has 0 saturated carbocycles. The number of nitrogens with zero attached hydrogens (tertiary/aromatic N) is 1. The van der Waals surface area contributed by atoms with Gasteiger partial charge in [0.05, 0.1) is 10.6 Å². The van der Waals surface area contributed by atoms with E-state index in [1.807, 2.05) is 0 Å². The lowest BCUT2D eigenvalue weighted by atomic mass is 9.97. The smallest absolute Gasteiger partial charge is 0.314 e. The molecule has 0 amide bonds. The van der Waals surface area contributed by atoms with Gasteiger partial charge in [0.25, 0.3) is 0 Å². The van der Waals surface area contributed by atoms with Crippen molar-refractivity contribution in [2.45, 2.75) is 25.1 Å². The van der Waals surface area contributed by atoms with E-state index in [2.05, 4.69) is 16.8 Å². The largest absolute Gasteiger partial charge is 0.417 e. The molecule has 1 heterocycles. The van der Waals surface area contributed by atoms with Gasteiger partial charge in [0.2, 0.25) is 0 Å². The van der Waals surface area contributed by atoms with Crippen molar-refractivity contribution in [3.63, 3.8) is 0 Å². The number of rotatable bonds is 5. The topological polar surface area (TPSA) is 15.3 Å². The Balaban J connectivity index is 2.31. The zero-order valence-electron chi connectivity index (χ0n) is 12.3. The van der Waals surface area contributed by atoms with E-state index >= 15 is 0 Å². The molecule has 1 fully saturated rings. The highest BCUT2D eigenvalue weighted by molar-refractivity contribution is 6.31. The number of nitrogens with one attached hydrogen (secondary N) is 1. The normalized spacial score (nSPS) is 18.2. The van der Waals surface area contributed by atoms with Gasteiger partial charge in [0.1, 0.15) is 0 Å². The summed E-state index contributed by atoms with van der Waals surface area (Å²) in [6.07, 6.45) is -1.11. The molecule has 1 aromatic rings. The van der Waals surface area contributed by atoms with Crippen LogP contribution in [0.25, 0.3) is 0 Å². The lowest BCUT2D eigenvalue weighted by molar-refractivity contribution is -0.137.